The summed E-state index contributed by atoms with van der Waals surface area (Å²) in [6, 6.07) is 0. The first-order valence-corrected chi connectivity index (χ1v) is 6.65. The normalized spacial score (nSPS) is 10.6. The second-order valence-electron chi connectivity index (χ2n) is 3.83. The predicted octanol–water partition coefficient (Wildman–Crippen LogP) is 0.412. The van der Waals surface area contributed by atoms with Crippen molar-refractivity contribution in [3.63, 3.8) is 0 Å². The molecule has 1 aromatic heterocycles. The summed E-state index contributed by atoms with van der Waals surface area (Å²) in [7, 11) is 1.61. The van der Waals surface area contributed by atoms with Crippen molar-refractivity contribution < 1.29 is 9.90 Å². The van der Waals surface area contributed by atoms with E-state index in [4.69, 9.17) is 5.11 Å². The molecule has 1 rings (SSSR count). The lowest BCUT2D eigenvalue weighted by Crippen LogP contribution is -2.26. The molecule has 1 heterocycles. The Bertz CT molecular complexity index is 392. The molecule has 1 amide bonds. The first-order chi connectivity index (χ1) is 8.69. The Morgan fingerprint density at radius 2 is 2.50 bits per heavy atom. The van der Waals surface area contributed by atoms with Gasteiger partial charge >= 0.3 is 0 Å². The van der Waals surface area contributed by atoms with E-state index in [1.165, 1.54) is 11.3 Å². The number of amides is 1. The fourth-order valence-electron chi connectivity index (χ4n) is 1.52. The second kappa shape index (κ2) is 7.97. The molecule has 2 N–H and O–H groups in total. The number of carbonyl (C=O) groups is 1. The van der Waals surface area contributed by atoms with Gasteiger partial charge in [-0.25, -0.2) is 4.98 Å². The Kier molecular flexibility index (Phi) is 6.56. The van der Waals surface area contributed by atoms with Crippen LogP contribution < -0.4 is 5.32 Å². The Morgan fingerprint density at radius 3 is 3.11 bits per heavy atom. The summed E-state index contributed by atoms with van der Waals surface area (Å²) in [6.45, 7) is 5.77. The van der Waals surface area contributed by atoms with Crippen LogP contribution in [0.5, 0.6) is 0 Å². The number of aromatic nitrogens is 1. The fourth-order valence-corrected chi connectivity index (χ4v) is 2.30. The summed E-state index contributed by atoms with van der Waals surface area (Å²) in [4.78, 5) is 17.7. The number of hydrogen-bond acceptors (Lipinski definition) is 5. The summed E-state index contributed by atoms with van der Waals surface area (Å²) in [5.74, 6) is -0.0331. The molecule has 0 atom stereocenters. The van der Waals surface area contributed by atoms with Gasteiger partial charge in [-0.05, 0) is 0 Å². The molecule has 0 radical (unpaired) electrons. The minimum atomic E-state index is -0.0331. The largest absolute Gasteiger partial charge is 0.395 e. The number of nitrogens with one attached hydrogen (secondary N) is 1. The summed E-state index contributed by atoms with van der Waals surface area (Å²) in [5.41, 5.74) is 0.925. The summed E-state index contributed by atoms with van der Waals surface area (Å²) in [5, 5.41) is 14.3. The van der Waals surface area contributed by atoms with Crippen LogP contribution in [0.2, 0.25) is 0 Å². The maximum absolute atomic E-state index is 11.2. The Hall–Kier alpha value is -1.24. The van der Waals surface area contributed by atoms with Crippen LogP contribution >= 0.6 is 11.3 Å². The van der Waals surface area contributed by atoms with Crippen molar-refractivity contribution in [2.75, 3.05) is 26.7 Å². The molecule has 0 unspecified atom stereocenters. The lowest BCUT2D eigenvalue weighted by Gasteiger charge is -2.17. The molecule has 1 aromatic rings. The maximum Gasteiger partial charge on any atom is 0.226 e. The number of rotatable bonds is 8. The average Bonchev–Trinajstić information content (AvgIpc) is 2.77. The van der Waals surface area contributed by atoms with Gasteiger partial charge in [0.1, 0.15) is 5.01 Å². The molecule has 0 aliphatic carbocycles. The first-order valence-electron chi connectivity index (χ1n) is 5.77. The number of thiazole rings is 1. The van der Waals surface area contributed by atoms with Crippen LogP contribution in [-0.2, 0) is 17.8 Å². The maximum atomic E-state index is 11.2. The Labute approximate surface area is 111 Å². The molecule has 0 saturated heterocycles. The van der Waals surface area contributed by atoms with Crippen LogP contribution in [0.3, 0.4) is 0 Å². The molecule has 5 nitrogen and oxygen atoms in total. The lowest BCUT2D eigenvalue weighted by atomic mass is 10.3. The number of likely N-dealkylation sites (N-methyl/N-ethyl adjacent to an activating group) is 1. The Morgan fingerprint density at radius 1 is 1.72 bits per heavy atom. The third-order valence-electron chi connectivity index (χ3n) is 2.38. The van der Waals surface area contributed by atoms with Gasteiger partial charge in [0.25, 0.3) is 0 Å². The van der Waals surface area contributed by atoms with E-state index in [9.17, 15) is 4.79 Å². The highest BCUT2D eigenvalue weighted by atomic mass is 32.1. The van der Waals surface area contributed by atoms with Crippen LogP contribution in [-0.4, -0.2) is 47.6 Å². The highest BCUT2D eigenvalue weighted by Gasteiger charge is 2.09. The van der Waals surface area contributed by atoms with E-state index in [2.05, 4.69) is 16.9 Å². The summed E-state index contributed by atoms with van der Waals surface area (Å²) >= 11 is 1.48. The van der Waals surface area contributed by atoms with E-state index < -0.39 is 0 Å². The number of nitrogens with zero attached hydrogens (tertiary/aromatic N) is 2. The molecular weight excluding hydrogens is 250 g/mol. The topological polar surface area (TPSA) is 65.5 Å². The Balaban J connectivity index is 2.55. The van der Waals surface area contributed by atoms with Gasteiger partial charge in [0.2, 0.25) is 5.91 Å². The van der Waals surface area contributed by atoms with Gasteiger partial charge in [0.15, 0.2) is 0 Å². The number of aliphatic hydroxyl groups is 1. The van der Waals surface area contributed by atoms with E-state index in [0.29, 0.717) is 26.1 Å². The van der Waals surface area contributed by atoms with Gasteiger partial charge in [0.05, 0.1) is 18.7 Å². The fraction of sp³-hybridized carbons (Fsp3) is 0.500. The molecule has 6 heteroatoms. The van der Waals surface area contributed by atoms with Crippen molar-refractivity contribution in [3.05, 3.63) is 28.7 Å². The molecule has 0 aromatic carbocycles. The minimum absolute atomic E-state index is 0.0331. The van der Waals surface area contributed by atoms with Gasteiger partial charge in [-0.3, -0.25) is 9.69 Å². The van der Waals surface area contributed by atoms with Crippen LogP contribution in [0.1, 0.15) is 10.7 Å². The SMILES string of the molecule is C=CCN(CCO)Cc1csc(CC(=O)NC)n1. The van der Waals surface area contributed by atoms with Crippen LogP contribution in [0, 0.1) is 0 Å². The van der Waals surface area contributed by atoms with E-state index >= 15 is 0 Å². The highest BCUT2D eigenvalue weighted by molar-refractivity contribution is 7.09. The molecule has 0 spiro atoms. The molecule has 18 heavy (non-hydrogen) atoms. The monoisotopic (exact) mass is 269 g/mol. The second-order valence-corrected chi connectivity index (χ2v) is 4.77. The molecule has 0 aliphatic heterocycles. The van der Waals surface area contributed by atoms with E-state index in [1.54, 1.807) is 13.1 Å². The third kappa shape index (κ3) is 4.95. The molecule has 0 fully saturated rings. The zero-order valence-electron chi connectivity index (χ0n) is 10.6. The average molecular weight is 269 g/mol. The molecule has 0 aliphatic rings. The minimum Gasteiger partial charge on any atom is -0.395 e. The number of aliphatic hydroxyl groups excluding tert-OH is 1. The van der Waals surface area contributed by atoms with Gasteiger partial charge in [0, 0.05) is 32.1 Å². The molecule has 0 saturated carbocycles. The standard InChI is InChI=1S/C12H19N3O2S/c1-3-4-15(5-6-16)8-10-9-18-12(14-10)7-11(17)13-2/h3,9,16H,1,4-8H2,2H3,(H,13,17). The molecular formula is C12H19N3O2S. The zero-order valence-corrected chi connectivity index (χ0v) is 11.4. The van der Waals surface area contributed by atoms with Crippen molar-refractivity contribution in [1.29, 1.82) is 0 Å². The van der Waals surface area contributed by atoms with Crippen molar-refractivity contribution >= 4 is 17.2 Å². The van der Waals surface area contributed by atoms with E-state index in [-0.39, 0.29) is 12.5 Å². The van der Waals surface area contributed by atoms with Crippen LogP contribution in [0.4, 0.5) is 0 Å². The number of hydrogen-bond donors (Lipinski definition) is 2. The van der Waals surface area contributed by atoms with Gasteiger partial charge < -0.3 is 10.4 Å². The zero-order chi connectivity index (χ0) is 13.4. The highest BCUT2D eigenvalue weighted by Crippen LogP contribution is 2.12. The van der Waals surface area contributed by atoms with Crippen molar-refractivity contribution in [3.8, 4) is 0 Å². The molecule has 100 valence electrons. The van der Waals surface area contributed by atoms with E-state index in [0.717, 1.165) is 10.7 Å². The lowest BCUT2D eigenvalue weighted by molar-refractivity contribution is -0.119. The molecule has 0 bridgehead atoms. The third-order valence-corrected chi connectivity index (χ3v) is 3.28. The quantitative estimate of drug-likeness (QED) is 0.671. The van der Waals surface area contributed by atoms with Crippen molar-refractivity contribution in [2.45, 2.75) is 13.0 Å². The van der Waals surface area contributed by atoms with Gasteiger partial charge in [-0.1, -0.05) is 6.08 Å². The summed E-state index contributed by atoms with van der Waals surface area (Å²) in [6.07, 6.45) is 2.12. The predicted molar refractivity (Wildman–Crippen MR) is 72.4 cm³/mol. The summed E-state index contributed by atoms with van der Waals surface area (Å²) < 4.78 is 0. The van der Waals surface area contributed by atoms with Crippen molar-refractivity contribution in [1.82, 2.24) is 15.2 Å². The van der Waals surface area contributed by atoms with Gasteiger partial charge in [-0.15, -0.1) is 17.9 Å². The smallest absolute Gasteiger partial charge is 0.226 e. The first kappa shape index (κ1) is 14.8. The van der Waals surface area contributed by atoms with Crippen LogP contribution in [0.25, 0.3) is 0 Å². The number of carbonyl (C=O) groups excluding carboxylic acids is 1. The van der Waals surface area contributed by atoms with Crippen molar-refractivity contribution in [2.24, 2.45) is 0 Å². The van der Waals surface area contributed by atoms with Crippen LogP contribution in [0.15, 0.2) is 18.0 Å². The van der Waals surface area contributed by atoms with Gasteiger partial charge in [-0.2, -0.15) is 0 Å². The van der Waals surface area contributed by atoms with E-state index in [1.807, 2.05) is 10.3 Å².